The molecule has 96 valence electrons. The van der Waals surface area contributed by atoms with Crippen LogP contribution in [0.5, 0.6) is 5.75 Å². The van der Waals surface area contributed by atoms with Crippen LogP contribution in [-0.2, 0) is 6.54 Å². The van der Waals surface area contributed by atoms with Gasteiger partial charge >= 0.3 is 0 Å². The Balaban J connectivity index is 2.15. The molecule has 1 N–H and O–H groups in total. The Morgan fingerprint density at radius 3 is 3.00 bits per heavy atom. The third-order valence-electron chi connectivity index (χ3n) is 2.48. The largest absolute Gasteiger partial charge is 0.490 e. The molecule has 6 heteroatoms. The lowest BCUT2D eigenvalue weighted by atomic mass is 10.1. The smallest absolute Gasteiger partial charge is 0.198 e. The van der Waals surface area contributed by atoms with Gasteiger partial charge in [-0.1, -0.05) is 23.7 Å². The number of anilines is 1. The van der Waals surface area contributed by atoms with Gasteiger partial charge in [0.25, 0.3) is 0 Å². The van der Waals surface area contributed by atoms with E-state index in [0.29, 0.717) is 23.7 Å². The molecule has 0 saturated heterocycles. The number of nitrogens with zero attached hydrogens (tertiary/aromatic N) is 3. The van der Waals surface area contributed by atoms with Crippen LogP contribution in [0, 0.1) is 11.3 Å². The van der Waals surface area contributed by atoms with Crippen molar-refractivity contribution in [2.45, 2.75) is 6.54 Å². The fourth-order valence-electron chi connectivity index (χ4n) is 1.60. The summed E-state index contributed by atoms with van der Waals surface area (Å²) in [5, 5.41) is 12.2. The van der Waals surface area contributed by atoms with Crippen LogP contribution in [0.2, 0.25) is 5.15 Å². The van der Waals surface area contributed by atoms with Crippen LogP contribution >= 0.6 is 11.6 Å². The van der Waals surface area contributed by atoms with Gasteiger partial charge in [-0.25, -0.2) is 9.97 Å². The topological polar surface area (TPSA) is 70.8 Å². The molecule has 0 aliphatic heterocycles. The Hall–Kier alpha value is -2.32. The van der Waals surface area contributed by atoms with Gasteiger partial charge in [0.05, 0.1) is 18.7 Å². The maximum Gasteiger partial charge on any atom is 0.198 e. The van der Waals surface area contributed by atoms with Crippen LogP contribution in [0.15, 0.2) is 30.6 Å². The molecular formula is C13H11ClN4O. The molecule has 1 aromatic carbocycles. The van der Waals surface area contributed by atoms with Crippen molar-refractivity contribution in [3.05, 3.63) is 46.9 Å². The van der Waals surface area contributed by atoms with Crippen molar-refractivity contribution in [2.75, 3.05) is 12.4 Å². The average molecular weight is 275 g/mol. The highest BCUT2D eigenvalue weighted by molar-refractivity contribution is 6.31. The third kappa shape index (κ3) is 3.12. The fraction of sp³-hybridized carbons (Fsp3) is 0.154. The molecule has 0 saturated carbocycles. The van der Waals surface area contributed by atoms with Crippen LogP contribution in [0.3, 0.4) is 0 Å². The number of hydrogen-bond donors (Lipinski definition) is 1. The summed E-state index contributed by atoms with van der Waals surface area (Å²) in [5.74, 6) is 0.922. The molecule has 0 aliphatic rings. The third-order valence-corrected chi connectivity index (χ3v) is 2.75. The van der Waals surface area contributed by atoms with Gasteiger partial charge in [-0.3, -0.25) is 0 Å². The predicted molar refractivity (Wildman–Crippen MR) is 72.1 cm³/mol. The van der Waals surface area contributed by atoms with Gasteiger partial charge < -0.3 is 10.1 Å². The minimum Gasteiger partial charge on any atom is -0.490 e. The number of ether oxygens (including phenoxy) is 1. The molecule has 1 aromatic heterocycles. The summed E-state index contributed by atoms with van der Waals surface area (Å²) in [5.41, 5.74) is 1.59. The summed E-state index contributed by atoms with van der Waals surface area (Å²) in [6, 6.07) is 9.41. The second-order valence-corrected chi connectivity index (χ2v) is 4.07. The lowest BCUT2D eigenvalue weighted by Gasteiger charge is -2.10. The highest BCUT2D eigenvalue weighted by Crippen LogP contribution is 2.28. The zero-order valence-corrected chi connectivity index (χ0v) is 11.0. The van der Waals surface area contributed by atoms with Crippen molar-refractivity contribution >= 4 is 17.4 Å². The van der Waals surface area contributed by atoms with E-state index in [9.17, 15) is 0 Å². The number of nitrogens with one attached hydrogen (secondary N) is 1. The van der Waals surface area contributed by atoms with Crippen LogP contribution < -0.4 is 10.1 Å². The van der Waals surface area contributed by atoms with E-state index in [-0.39, 0.29) is 5.15 Å². The molecule has 0 spiro atoms. The number of nitriles is 1. The maximum absolute atomic E-state index is 8.84. The second kappa shape index (κ2) is 6.03. The maximum atomic E-state index is 8.84. The van der Waals surface area contributed by atoms with Gasteiger partial charge in [0.1, 0.15) is 6.33 Å². The van der Waals surface area contributed by atoms with Gasteiger partial charge in [-0.05, 0) is 17.7 Å². The fourth-order valence-corrected chi connectivity index (χ4v) is 1.81. The highest BCUT2D eigenvalue weighted by atomic mass is 35.5. The SMILES string of the molecule is COc1c(Cl)ncnc1NCc1cccc(C#N)c1. The van der Waals surface area contributed by atoms with Gasteiger partial charge in [0.2, 0.25) is 0 Å². The standard InChI is InChI=1S/C13H11ClN4O/c1-19-11-12(14)17-8-18-13(11)16-7-10-4-2-3-9(5-10)6-15/h2-5,8H,7H2,1H3,(H,16,17,18). The molecule has 5 nitrogen and oxygen atoms in total. The Kier molecular flexibility index (Phi) is 4.16. The van der Waals surface area contributed by atoms with E-state index in [1.165, 1.54) is 13.4 Å². The van der Waals surface area contributed by atoms with Crippen molar-refractivity contribution in [1.82, 2.24) is 9.97 Å². The minimum atomic E-state index is 0.255. The molecular weight excluding hydrogens is 264 g/mol. The molecule has 2 rings (SSSR count). The summed E-state index contributed by atoms with van der Waals surface area (Å²) in [6.45, 7) is 0.513. The molecule has 2 aromatic rings. The summed E-state index contributed by atoms with van der Waals surface area (Å²) in [7, 11) is 1.51. The molecule has 1 heterocycles. The van der Waals surface area contributed by atoms with E-state index < -0.39 is 0 Å². The average Bonchev–Trinajstić information content (AvgIpc) is 2.45. The summed E-state index contributed by atoms with van der Waals surface area (Å²) >= 11 is 5.90. The van der Waals surface area contributed by atoms with Gasteiger partial charge in [0, 0.05) is 6.54 Å². The highest BCUT2D eigenvalue weighted by Gasteiger charge is 2.09. The van der Waals surface area contributed by atoms with Crippen molar-refractivity contribution in [3.63, 3.8) is 0 Å². The van der Waals surface area contributed by atoms with Crippen LogP contribution in [0.1, 0.15) is 11.1 Å². The van der Waals surface area contributed by atoms with Crippen molar-refractivity contribution in [1.29, 1.82) is 5.26 Å². The molecule has 19 heavy (non-hydrogen) atoms. The number of rotatable bonds is 4. The Morgan fingerprint density at radius 1 is 1.42 bits per heavy atom. The van der Waals surface area contributed by atoms with E-state index >= 15 is 0 Å². The summed E-state index contributed by atoms with van der Waals surface area (Å²) in [6.07, 6.45) is 1.36. The predicted octanol–water partition coefficient (Wildman–Crippen LogP) is 2.62. The Morgan fingerprint density at radius 2 is 2.26 bits per heavy atom. The number of methoxy groups -OCH3 is 1. The van der Waals surface area contributed by atoms with E-state index in [2.05, 4.69) is 21.4 Å². The molecule has 0 fully saturated rings. The first-order valence-electron chi connectivity index (χ1n) is 5.52. The zero-order chi connectivity index (χ0) is 13.7. The van der Waals surface area contributed by atoms with Crippen LogP contribution in [0.4, 0.5) is 5.82 Å². The monoisotopic (exact) mass is 274 g/mol. The van der Waals surface area contributed by atoms with Crippen LogP contribution in [-0.4, -0.2) is 17.1 Å². The van der Waals surface area contributed by atoms with Gasteiger partial charge in [0.15, 0.2) is 16.7 Å². The van der Waals surface area contributed by atoms with Crippen LogP contribution in [0.25, 0.3) is 0 Å². The minimum absolute atomic E-state index is 0.255. The molecule has 0 unspecified atom stereocenters. The summed E-state index contributed by atoms with van der Waals surface area (Å²) in [4.78, 5) is 7.91. The molecule has 0 amide bonds. The molecule has 0 aliphatic carbocycles. The van der Waals surface area contributed by atoms with Gasteiger partial charge in [-0.2, -0.15) is 5.26 Å². The Labute approximate surface area is 115 Å². The number of hydrogen-bond acceptors (Lipinski definition) is 5. The second-order valence-electron chi connectivity index (χ2n) is 3.71. The normalized spacial score (nSPS) is 9.74. The lowest BCUT2D eigenvalue weighted by Crippen LogP contribution is -2.04. The Bertz CT molecular complexity index is 624. The quantitative estimate of drug-likeness (QED) is 0.868. The zero-order valence-electron chi connectivity index (χ0n) is 10.2. The number of benzene rings is 1. The lowest BCUT2D eigenvalue weighted by molar-refractivity contribution is 0.413. The number of halogens is 1. The van der Waals surface area contributed by atoms with Crippen molar-refractivity contribution < 1.29 is 4.74 Å². The summed E-state index contributed by atoms with van der Waals surface area (Å²) < 4.78 is 5.14. The van der Waals surface area contributed by atoms with Crippen molar-refractivity contribution in [3.8, 4) is 11.8 Å². The molecule has 0 atom stereocenters. The van der Waals surface area contributed by atoms with E-state index in [4.69, 9.17) is 21.6 Å². The number of aromatic nitrogens is 2. The van der Waals surface area contributed by atoms with E-state index in [0.717, 1.165) is 5.56 Å². The molecule has 0 bridgehead atoms. The first-order chi connectivity index (χ1) is 9.24. The van der Waals surface area contributed by atoms with Gasteiger partial charge in [-0.15, -0.1) is 0 Å². The molecule has 0 radical (unpaired) electrons. The first-order valence-corrected chi connectivity index (χ1v) is 5.90. The first kappa shape index (κ1) is 13.1. The van der Waals surface area contributed by atoms with E-state index in [1.54, 1.807) is 6.07 Å². The van der Waals surface area contributed by atoms with Crippen molar-refractivity contribution in [2.24, 2.45) is 0 Å². The van der Waals surface area contributed by atoms with E-state index in [1.807, 2.05) is 18.2 Å².